The number of rotatable bonds is 4. The Kier molecular flexibility index (Phi) is 4.04. The van der Waals surface area contributed by atoms with Crippen molar-refractivity contribution in [3.8, 4) is 0 Å². The molecule has 1 aromatic rings. The maximum Gasteiger partial charge on any atom is 0.107 e. The molecule has 0 fully saturated rings. The predicted molar refractivity (Wildman–Crippen MR) is 51.8 cm³/mol. The lowest BCUT2D eigenvalue weighted by Gasteiger charge is -1.96. The number of hydrogen-bond donors (Lipinski definition) is 1. The number of hydrogen-bond acceptors (Lipinski definition) is 3. The quantitative estimate of drug-likeness (QED) is 0.810. The molecule has 1 rings (SSSR count). The molecule has 1 heterocycles. The van der Waals surface area contributed by atoms with E-state index >= 15 is 0 Å². The Hall–Kier alpha value is 0.0700. The second-order valence-electron chi connectivity index (χ2n) is 2.23. The lowest BCUT2D eigenvalue weighted by Crippen LogP contribution is -2.13. The molecule has 0 atom stereocenters. The third-order valence-electron chi connectivity index (χ3n) is 1.23. The summed E-state index contributed by atoms with van der Waals surface area (Å²) in [6, 6.07) is 0. The lowest BCUT2D eigenvalue weighted by atomic mass is 10.5. The van der Waals surface area contributed by atoms with Crippen LogP contribution in [0.2, 0.25) is 0 Å². The molecule has 2 nitrogen and oxygen atoms in total. The minimum atomic E-state index is 0.893. The SMILES string of the molecule is CCCNCc1ncc(Br)s1. The van der Waals surface area contributed by atoms with Crippen molar-refractivity contribution in [3.05, 3.63) is 15.0 Å². The first-order valence-corrected chi connectivity index (χ1v) is 5.24. The second kappa shape index (κ2) is 4.85. The smallest absolute Gasteiger partial charge is 0.107 e. The van der Waals surface area contributed by atoms with Crippen molar-refractivity contribution in [1.29, 1.82) is 0 Å². The molecule has 0 amide bonds. The summed E-state index contributed by atoms with van der Waals surface area (Å²) in [6.07, 6.45) is 3.01. The van der Waals surface area contributed by atoms with Gasteiger partial charge in [-0.3, -0.25) is 0 Å². The van der Waals surface area contributed by atoms with Crippen LogP contribution in [-0.4, -0.2) is 11.5 Å². The van der Waals surface area contributed by atoms with E-state index in [0.29, 0.717) is 0 Å². The van der Waals surface area contributed by atoms with Crippen LogP contribution in [0.15, 0.2) is 9.98 Å². The van der Waals surface area contributed by atoms with Gasteiger partial charge in [0.1, 0.15) is 5.01 Å². The summed E-state index contributed by atoms with van der Waals surface area (Å²) >= 11 is 5.05. The molecule has 4 heteroatoms. The van der Waals surface area contributed by atoms with Crippen LogP contribution < -0.4 is 5.32 Å². The van der Waals surface area contributed by atoms with Crippen LogP contribution in [0.1, 0.15) is 18.4 Å². The summed E-state index contributed by atoms with van der Waals surface area (Å²) in [5.41, 5.74) is 0. The minimum Gasteiger partial charge on any atom is -0.310 e. The highest BCUT2D eigenvalue weighted by Gasteiger charge is 1.96. The Morgan fingerprint density at radius 3 is 3.09 bits per heavy atom. The molecular formula is C7H11BrN2S. The van der Waals surface area contributed by atoms with E-state index in [0.717, 1.165) is 21.9 Å². The van der Waals surface area contributed by atoms with Gasteiger partial charge >= 0.3 is 0 Å². The monoisotopic (exact) mass is 234 g/mol. The summed E-state index contributed by atoms with van der Waals surface area (Å²) < 4.78 is 1.10. The fraction of sp³-hybridized carbons (Fsp3) is 0.571. The molecule has 0 bridgehead atoms. The second-order valence-corrected chi connectivity index (χ2v) is 4.73. The zero-order valence-corrected chi connectivity index (χ0v) is 8.83. The van der Waals surface area contributed by atoms with Gasteiger partial charge < -0.3 is 5.32 Å². The normalized spacial score (nSPS) is 10.4. The molecule has 62 valence electrons. The highest BCUT2D eigenvalue weighted by Crippen LogP contribution is 2.18. The Bertz CT molecular complexity index is 212. The predicted octanol–water partition coefficient (Wildman–Crippen LogP) is 2.41. The largest absolute Gasteiger partial charge is 0.310 e. The van der Waals surface area contributed by atoms with Gasteiger partial charge in [-0.2, -0.15) is 0 Å². The van der Waals surface area contributed by atoms with Crippen molar-refractivity contribution in [3.63, 3.8) is 0 Å². The van der Waals surface area contributed by atoms with Crippen molar-refractivity contribution < 1.29 is 0 Å². The van der Waals surface area contributed by atoms with Crippen LogP contribution in [0.4, 0.5) is 0 Å². The topological polar surface area (TPSA) is 24.9 Å². The molecule has 0 radical (unpaired) electrons. The first-order chi connectivity index (χ1) is 5.33. The van der Waals surface area contributed by atoms with Crippen LogP contribution in [0.3, 0.4) is 0 Å². The molecule has 1 N–H and O–H groups in total. The molecule has 0 spiro atoms. The van der Waals surface area contributed by atoms with Crippen molar-refractivity contribution in [1.82, 2.24) is 10.3 Å². The van der Waals surface area contributed by atoms with E-state index in [1.54, 1.807) is 11.3 Å². The van der Waals surface area contributed by atoms with Gasteiger partial charge in [0.2, 0.25) is 0 Å². The van der Waals surface area contributed by atoms with Gasteiger partial charge in [-0.15, -0.1) is 11.3 Å². The minimum absolute atomic E-state index is 0.893. The summed E-state index contributed by atoms with van der Waals surface area (Å²) in [4.78, 5) is 4.20. The van der Waals surface area contributed by atoms with Crippen LogP contribution in [-0.2, 0) is 6.54 Å². The highest BCUT2D eigenvalue weighted by atomic mass is 79.9. The molecule has 0 unspecified atom stereocenters. The van der Waals surface area contributed by atoms with Gasteiger partial charge in [0.05, 0.1) is 9.98 Å². The molecule has 0 aliphatic carbocycles. The van der Waals surface area contributed by atoms with Gasteiger partial charge in [-0.1, -0.05) is 6.92 Å². The number of nitrogens with one attached hydrogen (secondary N) is 1. The Morgan fingerprint density at radius 2 is 2.55 bits per heavy atom. The summed E-state index contributed by atoms with van der Waals surface area (Å²) in [5.74, 6) is 0. The van der Waals surface area contributed by atoms with E-state index in [4.69, 9.17) is 0 Å². The van der Waals surface area contributed by atoms with Gasteiger partial charge in [-0.25, -0.2) is 4.98 Å². The molecular weight excluding hydrogens is 224 g/mol. The van der Waals surface area contributed by atoms with Crippen molar-refractivity contribution in [2.24, 2.45) is 0 Å². The van der Waals surface area contributed by atoms with Gasteiger partial charge in [0.15, 0.2) is 0 Å². The van der Waals surface area contributed by atoms with E-state index in [-0.39, 0.29) is 0 Å². The molecule has 0 aliphatic rings. The Balaban J connectivity index is 2.27. The average Bonchev–Trinajstić information content (AvgIpc) is 2.37. The third kappa shape index (κ3) is 3.31. The Labute approximate surface area is 79.2 Å². The maximum atomic E-state index is 4.20. The van der Waals surface area contributed by atoms with E-state index in [1.807, 2.05) is 6.20 Å². The molecule has 1 aromatic heterocycles. The fourth-order valence-electron chi connectivity index (χ4n) is 0.742. The number of halogens is 1. The highest BCUT2D eigenvalue weighted by molar-refractivity contribution is 9.11. The maximum absolute atomic E-state index is 4.20. The van der Waals surface area contributed by atoms with Gasteiger partial charge in [0.25, 0.3) is 0 Å². The average molecular weight is 235 g/mol. The van der Waals surface area contributed by atoms with Gasteiger partial charge in [0, 0.05) is 6.54 Å². The first-order valence-electron chi connectivity index (χ1n) is 3.64. The van der Waals surface area contributed by atoms with Crippen LogP contribution in [0.25, 0.3) is 0 Å². The van der Waals surface area contributed by atoms with Crippen LogP contribution >= 0.6 is 27.3 Å². The van der Waals surface area contributed by atoms with Gasteiger partial charge in [-0.05, 0) is 28.9 Å². The summed E-state index contributed by atoms with van der Waals surface area (Å²) in [5, 5.41) is 4.44. The zero-order valence-electron chi connectivity index (χ0n) is 6.43. The summed E-state index contributed by atoms with van der Waals surface area (Å²) in [7, 11) is 0. The Morgan fingerprint density at radius 1 is 1.73 bits per heavy atom. The van der Waals surface area contributed by atoms with E-state index < -0.39 is 0 Å². The molecule has 0 saturated heterocycles. The van der Waals surface area contributed by atoms with E-state index in [9.17, 15) is 0 Å². The third-order valence-corrected chi connectivity index (χ3v) is 2.70. The van der Waals surface area contributed by atoms with Crippen LogP contribution in [0.5, 0.6) is 0 Å². The van der Waals surface area contributed by atoms with E-state index in [2.05, 4.69) is 33.2 Å². The van der Waals surface area contributed by atoms with Crippen molar-refractivity contribution in [2.45, 2.75) is 19.9 Å². The molecule has 0 saturated carbocycles. The van der Waals surface area contributed by atoms with Crippen molar-refractivity contribution in [2.75, 3.05) is 6.54 Å². The first kappa shape index (κ1) is 9.16. The van der Waals surface area contributed by atoms with Crippen LogP contribution in [0, 0.1) is 0 Å². The lowest BCUT2D eigenvalue weighted by molar-refractivity contribution is 0.673. The zero-order chi connectivity index (χ0) is 8.10. The number of aromatic nitrogens is 1. The van der Waals surface area contributed by atoms with E-state index in [1.165, 1.54) is 6.42 Å². The fourth-order valence-corrected chi connectivity index (χ4v) is 2.01. The summed E-state index contributed by atoms with van der Waals surface area (Å²) in [6.45, 7) is 4.12. The standard InChI is InChI=1S/C7H11BrN2S/c1-2-3-9-5-7-10-4-6(8)11-7/h4,9H,2-3,5H2,1H3. The molecule has 0 aliphatic heterocycles. The molecule has 11 heavy (non-hydrogen) atoms. The number of thiazole rings is 1. The molecule has 0 aromatic carbocycles. The van der Waals surface area contributed by atoms with Crippen molar-refractivity contribution >= 4 is 27.3 Å². The number of nitrogens with zero attached hydrogens (tertiary/aromatic N) is 1.